The number of para-hydroxylation sites is 1. The summed E-state index contributed by atoms with van der Waals surface area (Å²) in [7, 11) is -2.95. The maximum atomic E-state index is 13.6. The van der Waals surface area contributed by atoms with Gasteiger partial charge in [0.25, 0.3) is 15.9 Å². The summed E-state index contributed by atoms with van der Waals surface area (Å²) in [6.07, 6.45) is 0. The van der Waals surface area contributed by atoms with Crippen LogP contribution in [0.5, 0.6) is 0 Å². The minimum atomic E-state index is -4.06. The Kier molecular flexibility index (Phi) is 6.48. The lowest BCUT2D eigenvalue weighted by Crippen LogP contribution is -2.44. The van der Waals surface area contributed by atoms with Crippen molar-refractivity contribution in [2.24, 2.45) is 0 Å². The Bertz CT molecular complexity index is 931. The molecule has 2 rings (SSSR count). The van der Waals surface area contributed by atoms with E-state index in [4.69, 9.17) is 5.11 Å². The number of sulfonamides is 1. The van der Waals surface area contributed by atoms with E-state index in [1.165, 1.54) is 30.3 Å². The monoisotopic (exact) mass is 396 g/mol. The van der Waals surface area contributed by atoms with Gasteiger partial charge in [0, 0.05) is 5.56 Å². The number of esters is 1. The Labute approximate surface area is 155 Å². The number of carbonyl (C=O) groups excluding carboxylic acids is 2. The first kappa shape index (κ1) is 20.3. The molecular formula is C17H17FN2O6S. The predicted octanol–water partition coefficient (Wildman–Crippen LogP) is 0.890. The molecule has 1 amide bonds. The fraction of sp³-hybridized carbons (Fsp3) is 0.176. The van der Waals surface area contributed by atoms with Crippen LogP contribution in [0.4, 0.5) is 10.1 Å². The number of ether oxygens (including phenoxy) is 1. The van der Waals surface area contributed by atoms with Gasteiger partial charge in [0.1, 0.15) is 5.82 Å². The topological polar surface area (TPSA) is 122 Å². The highest BCUT2D eigenvalue weighted by Gasteiger charge is 2.22. The fourth-order valence-electron chi connectivity index (χ4n) is 2.10. The average Bonchev–Trinajstić information content (AvgIpc) is 2.67. The van der Waals surface area contributed by atoms with Crippen LogP contribution in [0.25, 0.3) is 0 Å². The number of hydrogen-bond donors (Lipinski definition) is 3. The van der Waals surface area contributed by atoms with Gasteiger partial charge in [-0.25, -0.2) is 17.6 Å². The molecule has 27 heavy (non-hydrogen) atoms. The van der Waals surface area contributed by atoms with Crippen molar-refractivity contribution in [1.29, 1.82) is 0 Å². The van der Waals surface area contributed by atoms with Gasteiger partial charge in [0.05, 0.1) is 24.3 Å². The van der Waals surface area contributed by atoms with Gasteiger partial charge < -0.3 is 15.2 Å². The van der Waals surface area contributed by atoms with E-state index in [0.29, 0.717) is 0 Å². The number of rotatable bonds is 7. The van der Waals surface area contributed by atoms with Gasteiger partial charge in [0.2, 0.25) is 0 Å². The second-order valence-electron chi connectivity index (χ2n) is 5.34. The first-order chi connectivity index (χ1) is 12.8. The summed E-state index contributed by atoms with van der Waals surface area (Å²) in [5.74, 6) is -2.25. The van der Waals surface area contributed by atoms with E-state index in [1.807, 2.05) is 0 Å². The molecule has 1 atom stereocenters. The van der Waals surface area contributed by atoms with Crippen LogP contribution in [0, 0.1) is 5.82 Å². The first-order valence-corrected chi connectivity index (χ1v) is 9.13. The third-order valence-electron chi connectivity index (χ3n) is 3.52. The van der Waals surface area contributed by atoms with E-state index in [9.17, 15) is 22.4 Å². The summed E-state index contributed by atoms with van der Waals surface area (Å²) in [5, 5.41) is 11.4. The molecule has 0 unspecified atom stereocenters. The molecule has 0 aromatic heterocycles. The van der Waals surface area contributed by atoms with E-state index in [2.05, 4.69) is 14.8 Å². The summed E-state index contributed by atoms with van der Waals surface area (Å²) in [5.41, 5.74) is -0.148. The van der Waals surface area contributed by atoms with Gasteiger partial charge in [0.15, 0.2) is 6.04 Å². The van der Waals surface area contributed by atoms with Gasteiger partial charge in [-0.15, -0.1) is 0 Å². The summed E-state index contributed by atoms with van der Waals surface area (Å²) in [6, 6.07) is 8.80. The Hall–Kier alpha value is -2.98. The molecule has 3 N–H and O–H groups in total. The number of carbonyl (C=O) groups is 2. The lowest BCUT2D eigenvalue weighted by Gasteiger charge is -2.14. The molecule has 0 radical (unpaired) electrons. The molecule has 10 heteroatoms. The molecule has 0 heterocycles. The SMILES string of the molecule is COC(=O)[C@H](CO)NC(=O)c1ccc(S(=O)(=O)Nc2ccccc2F)cc1. The number of hydrogen-bond acceptors (Lipinski definition) is 6. The quantitative estimate of drug-likeness (QED) is 0.598. The molecule has 0 aliphatic rings. The first-order valence-electron chi connectivity index (χ1n) is 7.65. The standard InChI is InChI=1S/C17H17FN2O6S/c1-26-17(23)15(10-21)19-16(22)11-6-8-12(9-7-11)27(24,25)20-14-5-3-2-4-13(14)18/h2-9,15,20-21H,10H2,1H3,(H,19,22)/t15-/m0/s1. The van der Waals surface area contributed by atoms with Crippen molar-refractivity contribution >= 4 is 27.6 Å². The Morgan fingerprint density at radius 3 is 2.33 bits per heavy atom. The number of methoxy groups -OCH3 is 1. The van der Waals surface area contributed by atoms with Crippen LogP contribution in [0.2, 0.25) is 0 Å². The van der Waals surface area contributed by atoms with Crippen molar-refractivity contribution in [3.63, 3.8) is 0 Å². The Morgan fingerprint density at radius 2 is 1.78 bits per heavy atom. The maximum absolute atomic E-state index is 13.6. The highest BCUT2D eigenvalue weighted by molar-refractivity contribution is 7.92. The normalized spacial score (nSPS) is 12.1. The van der Waals surface area contributed by atoms with Crippen LogP contribution >= 0.6 is 0 Å². The van der Waals surface area contributed by atoms with Gasteiger partial charge in [-0.2, -0.15) is 0 Å². The molecule has 0 aliphatic heterocycles. The highest BCUT2D eigenvalue weighted by Crippen LogP contribution is 2.19. The summed E-state index contributed by atoms with van der Waals surface area (Å²) in [6.45, 7) is -0.655. The molecule has 0 aliphatic carbocycles. The van der Waals surface area contributed by atoms with Crippen molar-refractivity contribution in [1.82, 2.24) is 5.32 Å². The molecule has 8 nitrogen and oxygen atoms in total. The number of aliphatic hydroxyl groups is 1. The summed E-state index contributed by atoms with van der Waals surface area (Å²) < 4.78 is 44.8. The third-order valence-corrected chi connectivity index (χ3v) is 4.90. The molecule has 0 fully saturated rings. The zero-order valence-electron chi connectivity index (χ0n) is 14.2. The van der Waals surface area contributed by atoms with Crippen LogP contribution in [0.15, 0.2) is 53.4 Å². The largest absolute Gasteiger partial charge is 0.467 e. The number of benzene rings is 2. The van der Waals surface area contributed by atoms with Crippen molar-refractivity contribution in [2.45, 2.75) is 10.9 Å². The average molecular weight is 396 g/mol. The van der Waals surface area contributed by atoms with Gasteiger partial charge >= 0.3 is 5.97 Å². The zero-order chi connectivity index (χ0) is 20.0. The van der Waals surface area contributed by atoms with E-state index in [1.54, 1.807) is 0 Å². The maximum Gasteiger partial charge on any atom is 0.330 e. The van der Waals surface area contributed by atoms with Gasteiger partial charge in [-0.05, 0) is 36.4 Å². The Morgan fingerprint density at radius 1 is 1.15 bits per heavy atom. The third kappa shape index (κ3) is 5.02. The fourth-order valence-corrected chi connectivity index (χ4v) is 3.16. The van der Waals surface area contributed by atoms with E-state index < -0.39 is 40.4 Å². The minimum Gasteiger partial charge on any atom is -0.467 e. The minimum absolute atomic E-state index is 0.0576. The number of halogens is 1. The molecule has 144 valence electrons. The second-order valence-corrected chi connectivity index (χ2v) is 7.02. The Balaban J connectivity index is 2.15. The predicted molar refractivity (Wildman–Crippen MR) is 94.0 cm³/mol. The zero-order valence-corrected chi connectivity index (χ0v) is 15.0. The van der Waals surface area contributed by atoms with E-state index in [-0.39, 0.29) is 16.1 Å². The van der Waals surface area contributed by atoms with Crippen molar-refractivity contribution in [2.75, 3.05) is 18.4 Å². The second kappa shape index (κ2) is 8.60. The van der Waals surface area contributed by atoms with E-state index >= 15 is 0 Å². The van der Waals surface area contributed by atoms with Gasteiger partial charge in [-0.1, -0.05) is 12.1 Å². The molecular weight excluding hydrogens is 379 g/mol. The molecule has 0 saturated heterocycles. The number of aliphatic hydroxyl groups excluding tert-OH is 1. The number of anilines is 1. The van der Waals surface area contributed by atoms with Crippen LogP contribution in [0.3, 0.4) is 0 Å². The lowest BCUT2D eigenvalue weighted by molar-refractivity contribution is -0.143. The van der Waals surface area contributed by atoms with Crippen LogP contribution in [0.1, 0.15) is 10.4 Å². The van der Waals surface area contributed by atoms with Crippen molar-refractivity contribution in [3.8, 4) is 0 Å². The van der Waals surface area contributed by atoms with Crippen molar-refractivity contribution in [3.05, 3.63) is 59.9 Å². The highest BCUT2D eigenvalue weighted by atomic mass is 32.2. The smallest absolute Gasteiger partial charge is 0.330 e. The number of nitrogens with one attached hydrogen (secondary N) is 2. The van der Waals surface area contributed by atoms with Gasteiger partial charge in [-0.3, -0.25) is 9.52 Å². The molecule has 0 saturated carbocycles. The number of amides is 1. The molecule has 2 aromatic rings. The van der Waals surface area contributed by atoms with E-state index in [0.717, 1.165) is 25.3 Å². The van der Waals surface area contributed by atoms with Crippen LogP contribution < -0.4 is 10.0 Å². The molecule has 2 aromatic carbocycles. The van der Waals surface area contributed by atoms with Crippen LogP contribution in [-0.4, -0.2) is 45.2 Å². The molecule has 0 bridgehead atoms. The summed E-state index contributed by atoms with van der Waals surface area (Å²) >= 11 is 0. The molecule has 0 spiro atoms. The lowest BCUT2D eigenvalue weighted by atomic mass is 10.2. The van der Waals surface area contributed by atoms with Crippen molar-refractivity contribution < 1.29 is 32.2 Å². The summed E-state index contributed by atoms with van der Waals surface area (Å²) in [4.78, 5) is 23.3. The van der Waals surface area contributed by atoms with Crippen LogP contribution in [-0.2, 0) is 19.6 Å².